The monoisotopic (exact) mass is 383 g/mol. The number of thiazole rings is 1. The highest BCUT2D eigenvalue weighted by Gasteiger charge is 2.16. The van der Waals surface area contributed by atoms with E-state index in [-0.39, 0.29) is 5.91 Å². The van der Waals surface area contributed by atoms with Crippen molar-refractivity contribution >= 4 is 17.2 Å². The Morgan fingerprint density at radius 1 is 1.15 bits per heavy atom. The first-order valence-electron chi connectivity index (χ1n) is 8.55. The van der Waals surface area contributed by atoms with Gasteiger partial charge in [-0.05, 0) is 36.8 Å². The molecule has 0 unspecified atom stereocenters. The van der Waals surface area contributed by atoms with Crippen molar-refractivity contribution in [2.75, 3.05) is 20.3 Å². The number of methoxy groups -OCH3 is 1. The lowest BCUT2D eigenvalue weighted by Crippen LogP contribution is -2.22. The third-order valence-corrected chi connectivity index (χ3v) is 5.00. The molecule has 140 valence electrons. The summed E-state index contributed by atoms with van der Waals surface area (Å²) in [5.74, 6) is 0.646. The zero-order valence-corrected chi connectivity index (χ0v) is 16.1. The molecule has 7 heteroatoms. The number of nitrogens with one attached hydrogen (secondary N) is 1. The molecule has 0 aliphatic carbocycles. The van der Waals surface area contributed by atoms with Crippen LogP contribution >= 0.6 is 11.3 Å². The number of pyridine rings is 1. The molecule has 0 atom stereocenters. The fourth-order valence-corrected chi connectivity index (χ4v) is 3.37. The van der Waals surface area contributed by atoms with E-state index in [0.717, 1.165) is 22.0 Å². The average molecular weight is 383 g/mol. The smallest absolute Gasteiger partial charge is 0.263 e. The average Bonchev–Trinajstić information content (AvgIpc) is 3.10. The summed E-state index contributed by atoms with van der Waals surface area (Å²) in [5.41, 5.74) is 2.48. The van der Waals surface area contributed by atoms with Gasteiger partial charge in [0.25, 0.3) is 5.91 Å². The molecule has 1 N–H and O–H groups in total. The molecule has 2 aromatic heterocycles. The van der Waals surface area contributed by atoms with Crippen LogP contribution < -0.4 is 10.1 Å². The normalized spacial score (nSPS) is 10.6. The number of benzene rings is 1. The molecule has 0 bridgehead atoms. The van der Waals surface area contributed by atoms with Gasteiger partial charge in [-0.3, -0.25) is 9.78 Å². The summed E-state index contributed by atoms with van der Waals surface area (Å²) in [4.78, 5) is 21.9. The molecule has 0 aliphatic heterocycles. The van der Waals surface area contributed by atoms with Crippen molar-refractivity contribution in [1.82, 2.24) is 15.3 Å². The van der Waals surface area contributed by atoms with Gasteiger partial charge in [0, 0.05) is 19.9 Å². The van der Waals surface area contributed by atoms with Crippen LogP contribution in [0, 0.1) is 6.92 Å². The summed E-state index contributed by atoms with van der Waals surface area (Å²) in [6.07, 6.45) is 1.72. The van der Waals surface area contributed by atoms with E-state index in [2.05, 4.69) is 15.3 Å². The molecule has 0 aliphatic rings. The Morgan fingerprint density at radius 2 is 1.96 bits per heavy atom. The lowest BCUT2D eigenvalue weighted by molar-refractivity contribution is 0.0954. The van der Waals surface area contributed by atoms with Gasteiger partial charge in [-0.1, -0.05) is 18.2 Å². The van der Waals surface area contributed by atoms with Crippen LogP contribution in [0.1, 0.15) is 20.9 Å². The molecule has 27 heavy (non-hydrogen) atoms. The third kappa shape index (κ3) is 5.12. The van der Waals surface area contributed by atoms with Crippen molar-refractivity contribution in [3.05, 3.63) is 64.8 Å². The van der Waals surface area contributed by atoms with Crippen molar-refractivity contribution in [3.63, 3.8) is 0 Å². The number of aryl methyl sites for hydroxylation is 1. The van der Waals surface area contributed by atoms with Gasteiger partial charge in [0.2, 0.25) is 0 Å². The number of rotatable bonds is 8. The quantitative estimate of drug-likeness (QED) is 0.603. The van der Waals surface area contributed by atoms with E-state index in [1.165, 1.54) is 11.3 Å². The Balaban J connectivity index is 1.59. The summed E-state index contributed by atoms with van der Waals surface area (Å²) in [6, 6.07) is 13.3. The third-order valence-electron chi connectivity index (χ3n) is 3.82. The standard InChI is InChI=1S/C20H21N3O3S/c1-14-18(27-20(23-14)17-5-3-4-10-21-17)19(24)22-13-15-6-8-16(9-7-15)26-12-11-25-2/h3-10H,11-13H2,1-2H3,(H,22,24). The van der Waals surface area contributed by atoms with E-state index in [4.69, 9.17) is 9.47 Å². The minimum absolute atomic E-state index is 0.132. The molecule has 0 fully saturated rings. The summed E-state index contributed by atoms with van der Waals surface area (Å²) in [7, 11) is 1.64. The minimum Gasteiger partial charge on any atom is -0.491 e. The molecule has 3 rings (SSSR count). The minimum atomic E-state index is -0.132. The maximum Gasteiger partial charge on any atom is 0.263 e. The number of ether oxygens (including phenoxy) is 2. The van der Waals surface area contributed by atoms with Crippen LogP contribution in [0.5, 0.6) is 5.75 Å². The second-order valence-corrected chi connectivity index (χ2v) is 6.82. The van der Waals surface area contributed by atoms with Gasteiger partial charge in [0.05, 0.1) is 18.0 Å². The number of nitrogens with zero attached hydrogens (tertiary/aromatic N) is 2. The number of carbonyl (C=O) groups excluding carboxylic acids is 1. The fraction of sp³-hybridized carbons (Fsp3) is 0.250. The van der Waals surface area contributed by atoms with Crippen LogP contribution in [-0.4, -0.2) is 36.2 Å². The molecule has 0 saturated heterocycles. The molecule has 0 radical (unpaired) electrons. The first-order chi connectivity index (χ1) is 13.2. The number of amides is 1. The molecule has 1 amide bonds. The first kappa shape index (κ1) is 19.0. The molecule has 2 heterocycles. The Hall–Kier alpha value is -2.77. The zero-order valence-electron chi connectivity index (χ0n) is 15.3. The van der Waals surface area contributed by atoms with Gasteiger partial charge < -0.3 is 14.8 Å². The van der Waals surface area contributed by atoms with E-state index in [0.29, 0.717) is 30.3 Å². The van der Waals surface area contributed by atoms with E-state index in [1.54, 1.807) is 13.3 Å². The predicted octanol–water partition coefficient (Wildman–Crippen LogP) is 3.47. The van der Waals surface area contributed by atoms with Crippen molar-refractivity contribution in [1.29, 1.82) is 0 Å². The second-order valence-electron chi connectivity index (χ2n) is 5.82. The lowest BCUT2D eigenvalue weighted by atomic mass is 10.2. The second kappa shape index (κ2) is 9.25. The SMILES string of the molecule is COCCOc1ccc(CNC(=O)c2sc(-c3ccccn3)nc2C)cc1. The number of carbonyl (C=O) groups is 1. The molecule has 0 spiro atoms. The molecule has 1 aromatic carbocycles. The van der Waals surface area contributed by atoms with E-state index >= 15 is 0 Å². The summed E-state index contributed by atoms with van der Waals surface area (Å²) in [5, 5.41) is 3.69. The fourth-order valence-electron chi connectivity index (χ4n) is 2.41. The van der Waals surface area contributed by atoms with Crippen LogP contribution in [0.2, 0.25) is 0 Å². The Labute approximate surface area is 162 Å². The maximum absolute atomic E-state index is 12.5. The van der Waals surface area contributed by atoms with Crippen LogP contribution in [0.15, 0.2) is 48.7 Å². The van der Waals surface area contributed by atoms with E-state index in [1.807, 2.05) is 49.4 Å². The van der Waals surface area contributed by atoms with Crippen molar-refractivity contribution in [2.24, 2.45) is 0 Å². The summed E-state index contributed by atoms with van der Waals surface area (Å²) >= 11 is 1.35. The number of hydrogen-bond acceptors (Lipinski definition) is 6. The van der Waals surface area contributed by atoms with Crippen molar-refractivity contribution < 1.29 is 14.3 Å². The summed E-state index contributed by atoms with van der Waals surface area (Å²) in [6.45, 7) is 3.33. The number of aromatic nitrogens is 2. The summed E-state index contributed by atoms with van der Waals surface area (Å²) < 4.78 is 10.5. The lowest BCUT2D eigenvalue weighted by Gasteiger charge is -2.07. The van der Waals surface area contributed by atoms with Crippen LogP contribution in [0.25, 0.3) is 10.7 Å². The highest BCUT2D eigenvalue weighted by atomic mass is 32.1. The van der Waals surface area contributed by atoms with Gasteiger partial charge >= 0.3 is 0 Å². The largest absolute Gasteiger partial charge is 0.491 e. The van der Waals surface area contributed by atoms with Gasteiger partial charge in [-0.25, -0.2) is 4.98 Å². The Kier molecular flexibility index (Phi) is 6.51. The molecule has 3 aromatic rings. The van der Waals surface area contributed by atoms with Crippen LogP contribution in [0.3, 0.4) is 0 Å². The van der Waals surface area contributed by atoms with Gasteiger partial charge in [-0.2, -0.15) is 0 Å². The van der Waals surface area contributed by atoms with Gasteiger partial charge in [0.15, 0.2) is 0 Å². The van der Waals surface area contributed by atoms with Crippen LogP contribution in [-0.2, 0) is 11.3 Å². The maximum atomic E-state index is 12.5. The molecule has 6 nitrogen and oxygen atoms in total. The topological polar surface area (TPSA) is 73.3 Å². The first-order valence-corrected chi connectivity index (χ1v) is 9.36. The van der Waals surface area contributed by atoms with E-state index < -0.39 is 0 Å². The zero-order chi connectivity index (χ0) is 19.1. The van der Waals surface area contributed by atoms with Crippen molar-refractivity contribution in [2.45, 2.75) is 13.5 Å². The highest BCUT2D eigenvalue weighted by molar-refractivity contribution is 7.17. The van der Waals surface area contributed by atoms with Crippen molar-refractivity contribution in [3.8, 4) is 16.5 Å². The van der Waals surface area contributed by atoms with Gasteiger partial charge in [-0.15, -0.1) is 11.3 Å². The molecular weight excluding hydrogens is 362 g/mol. The molecular formula is C20H21N3O3S. The van der Waals surface area contributed by atoms with E-state index in [9.17, 15) is 4.79 Å². The van der Waals surface area contributed by atoms with Gasteiger partial charge in [0.1, 0.15) is 22.2 Å². The Bertz CT molecular complexity index is 879. The Morgan fingerprint density at radius 3 is 2.67 bits per heavy atom. The number of hydrogen-bond donors (Lipinski definition) is 1. The highest BCUT2D eigenvalue weighted by Crippen LogP contribution is 2.26. The molecule has 0 saturated carbocycles. The van der Waals surface area contributed by atoms with Crippen LogP contribution in [0.4, 0.5) is 0 Å². The predicted molar refractivity (Wildman–Crippen MR) is 105 cm³/mol.